The molecule has 2 heterocycles. The van der Waals surface area contributed by atoms with Crippen LogP contribution in [0.3, 0.4) is 0 Å². The van der Waals surface area contributed by atoms with Gasteiger partial charge in [0.05, 0.1) is 12.6 Å². The number of aryl methyl sites for hydroxylation is 1. The predicted octanol–water partition coefficient (Wildman–Crippen LogP) is 8.10. The maximum absolute atomic E-state index is 14.0. The van der Waals surface area contributed by atoms with Crippen LogP contribution in [0.2, 0.25) is 0 Å². The van der Waals surface area contributed by atoms with Crippen molar-refractivity contribution in [3.8, 4) is 0 Å². The summed E-state index contributed by atoms with van der Waals surface area (Å²) >= 11 is 0. The van der Waals surface area contributed by atoms with Crippen molar-refractivity contribution in [2.75, 3.05) is 6.61 Å². The maximum Gasteiger partial charge on any atom is 0.357 e. The van der Waals surface area contributed by atoms with Crippen molar-refractivity contribution in [2.45, 2.75) is 57.7 Å². The number of nitrogens with zero attached hydrogens (tertiary/aromatic N) is 6. The monoisotopic (exact) mass is 714 g/mol. The Hall–Kier alpha value is -6.19. The molecule has 9 heteroatoms. The second kappa shape index (κ2) is 14.0. The third kappa shape index (κ3) is 5.54. The number of fused-ring (bicyclic) bond motifs is 2. The van der Waals surface area contributed by atoms with E-state index in [-0.39, 0.29) is 12.3 Å². The van der Waals surface area contributed by atoms with Crippen molar-refractivity contribution in [3.63, 3.8) is 0 Å². The summed E-state index contributed by atoms with van der Waals surface area (Å²) in [5.41, 5.74) is 5.95. The van der Waals surface area contributed by atoms with Crippen LogP contribution < -0.4 is 0 Å². The average molecular weight is 715 g/mol. The highest BCUT2D eigenvalue weighted by Gasteiger charge is 2.50. The van der Waals surface area contributed by atoms with Crippen LogP contribution in [-0.2, 0) is 22.3 Å². The minimum absolute atomic E-state index is 0.185. The summed E-state index contributed by atoms with van der Waals surface area (Å²) in [4.78, 5) is 18.9. The lowest BCUT2D eigenvalue weighted by Crippen LogP contribution is -2.41. The minimum atomic E-state index is -1.40. The topological polar surface area (TPSA) is 108 Å². The second-order valence-electron chi connectivity index (χ2n) is 14.1. The average Bonchev–Trinajstić information content (AvgIpc) is 3.83. The summed E-state index contributed by atoms with van der Waals surface area (Å²) in [6, 6.07) is 40.8. The zero-order valence-electron chi connectivity index (χ0n) is 30.8. The van der Waals surface area contributed by atoms with Crippen molar-refractivity contribution >= 4 is 17.1 Å². The Morgan fingerprint density at radius 2 is 1.35 bits per heavy atom. The Bertz CT molecular complexity index is 2310. The molecule has 54 heavy (non-hydrogen) atoms. The summed E-state index contributed by atoms with van der Waals surface area (Å²) in [6.45, 7) is 7.36. The van der Waals surface area contributed by atoms with Crippen LogP contribution in [0.5, 0.6) is 0 Å². The van der Waals surface area contributed by atoms with Gasteiger partial charge in [0.15, 0.2) is 11.5 Å². The van der Waals surface area contributed by atoms with E-state index in [0.717, 1.165) is 51.0 Å². The standard InChI is InChI=1S/C45H42N6O3/c1-5-19-36-46-41(44(3,4)53)40(43(52)54-6-2)50(36)39-35-29-28-34(30-20-11-7-12-21-30)37(39)38(35)42-47-48-49-51(42)45(31-22-13-8-14-23-31,32-24-15-9-16-25-32)33-26-17-10-18-27-33/h7-18,20-29,39,53H,5-6,19H2,1-4H3. The summed E-state index contributed by atoms with van der Waals surface area (Å²) in [5, 5.41) is 25.5. The summed E-state index contributed by atoms with van der Waals surface area (Å²) in [7, 11) is 0. The zero-order valence-corrected chi connectivity index (χ0v) is 30.8. The molecule has 6 aromatic rings. The van der Waals surface area contributed by atoms with Gasteiger partial charge in [-0.05, 0) is 76.6 Å². The smallest absolute Gasteiger partial charge is 0.357 e. The molecule has 4 aromatic carbocycles. The lowest BCUT2D eigenvalue weighted by molar-refractivity contribution is 0.0467. The molecule has 2 aliphatic rings. The first-order valence-corrected chi connectivity index (χ1v) is 18.5. The number of carbonyl (C=O) groups is 1. The van der Waals surface area contributed by atoms with Gasteiger partial charge < -0.3 is 14.4 Å². The highest BCUT2D eigenvalue weighted by Crippen LogP contribution is 2.58. The van der Waals surface area contributed by atoms with Gasteiger partial charge in [0, 0.05) is 12.0 Å². The number of esters is 1. The van der Waals surface area contributed by atoms with Gasteiger partial charge in [0.1, 0.15) is 22.7 Å². The Morgan fingerprint density at radius 1 is 0.796 bits per heavy atom. The van der Waals surface area contributed by atoms with Gasteiger partial charge in [-0.25, -0.2) is 14.5 Å². The first kappa shape index (κ1) is 34.9. The highest BCUT2D eigenvalue weighted by atomic mass is 16.5. The number of aliphatic hydroxyl groups is 1. The quantitative estimate of drug-likeness (QED) is 0.101. The largest absolute Gasteiger partial charge is 0.461 e. The molecule has 0 saturated carbocycles. The lowest BCUT2D eigenvalue weighted by atomic mass is 9.68. The van der Waals surface area contributed by atoms with E-state index in [9.17, 15) is 9.90 Å². The highest BCUT2D eigenvalue weighted by molar-refractivity contribution is 6.05. The van der Waals surface area contributed by atoms with Crippen molar-refractivity contribution in [3.05, 3.63) is 190 Å². The van der Waals surface area contributed by atoms with E-state index < -0.39 is 23.2 Å². The number of allylic oxidation sites excluding steroid dienone is 6. The van der Waals surface area contributed by atoms with E-state index in [1.165, 1.54) is 0 Å². The Balaban J connectivity index is 1.44. The molecule has 2 aromatic heterocycles. The molecule has 1 N–H and O–H groups in total. The lowest BCUT2D eigenvalue weighted by Gasteiger charge is -2.43. The fourth-order valence-electron chi connectivity index (χ4n) is 8.07. The molecule has 0 radical (unpaired) electrons. The van der Waals surface area contributed by atoms with Gasteiger partial charge in [-0.2, -0.15) is 0 Å². The number of ether oxygens (including phenoxy) is 1. The number of hydrogen-bond donors (Lipinski definition) is 1. The maximum atomic E-state index is 14.0. The number of aromatic nitrogens is 6. The Kier molecular flexibility index (Phi) is 9.03. The van der Waals surface area contributed by atoms with Crippen LogP contribution in [0, 0.1) is 0 Å². The summed E-state index contributed by atoms with van der Waals surface area (Å²) in [6.07, 6.45) is 5.62. The second-order valence-corrected chi connectivity index (χ2v) is 14.1. The summed E-state index contributed by atoms with van der Waals surface area (Å²) in [5.74, 6) is 0.762. The van der Waals surface area contributed by atoms with Gasteiger partial charge in [-0.1, -0.05) is 140 Å². The van der Waals surface area contributed by atoms with Crippen molar-refractivity contribution in [1.82, 2.24) is 29.8 Å². The molecule has 270 valence electrons. The SMILES string of the molecule is CCCc1nc(C(C)(C)O)c(C(=O)OCC)n1C1c2ccc(-c3ccccc3)c1c2-c1nnnn1C(c1ccccc1)(c1ccccc1)c1ccccc1. The predicted molar refractivity (Wildman–Crippen MR) is 208 cm³/mol. The van der Waals surface area contributed by atoms with E-state index in [1.807, 2.05) is 82.0 Å². The Morgan fingerprint density at radius 3 is 1.87 bits per heavy atom. The molecule has 2 aliphatic carbocycles. The number of tetrazole rings is 1. The summed E-state index contributed by atoms with van der Waals surface area (Å²) < 4.78 is 9.60. The molecule has 0 amide bonds. The van der Waals surface area contributed by atoms with Crippen LogP contribution in [0.1, 0.15) is 90.2 Å². The third-order valence-electron chi connectivity index (χ3n) is 10.3. The number of carbonyl (C=O) groups excluding carboxylic acids is 1. The van der Waals surface area contributed by atoms with E-state index in [1.54, 1.807) is 20.8 Å². The van der Waals surface area contributed by atoms with E-state index >= 15 is 0 Å². The molecular formula is C45H42N6O3. The fourth-order valence-corrected chi connectivity index (χ4v) is 8.07. The number of benzene rings is 4. The van der Waals surface area contributed by atoms with E-state index in [2.05, 4.69) is 72.8 Å². The molecular weight excluding hydrogens is 673 g/mol. The zero-order chi connectivity index (χ0) is 37.5. The molecule has 0 aliphatic heterocycles. The third-order valence-corrected chi connectivity index (χ3v) is 10.3. The van der Waals surface area contributed by atoms with Gasteiger partial charge >= 0.3 is 5.97 Å². The minimum Gasteiger partial charge on any atom is -0.461 e. The van der Waals surface area contributed by atoms with Crippen LogP contribution in [0.4, 0.5) is 0 Å². The van der Waals surface area contributed by atoms with Crippen molar-refractivity contribution in [2.24, 2.45) is 0 Å². The van der Waals surface area contributed by atoms with Crippen molar-refractivity contribution in [1.29, 1.82) is 0 Å². The van der Waals surface area contributed by atoms with Crippen molar-refractivity contribution < 1.29 is 14.6 Å². The van der Waals surface area contributed by atoms with E-state index in [0.29, 0.717) is 23.8 Å². The van der Waals surface area contributed by atoms with Crippen LogP contribution in [-0.4, -0.2) is 47.4 Å². The first-order valence-electron chi connectivity index (χ1n) is 18.5. The van der Waals surface area contributed by atoms with Crippen LogP contribution in [0.25, 0.3) is 11.1 Å². The van der Waals surface area contributed by atoms with Gasteiger partial charge in [0.25, 0.3) is 0 Å². The van der Waals surface area contributed by atoms with Crippen LogP contribution >= 0.6 is 0 Å². The number of imidazole rings is 1. The molecule has 8 rings (SSSR count). The van der Waals surface area contributed by atoms with Gasteiger partial charge in [-0.3, -0.25) is 0 Å². The number of rotatable bonds is 12. The van der Waals surface area contributed by atoms with Crippen LogP contribution in [0.15, 0.2) is 145 Å². The van der Waals surface area contributed by atoms with Gasteiger partial charge in [-0.15, -0.1) is 5.10 Å². The molecule has 0 saturated heterocycles. The molecule has 1 unspecified atom stereocenters. The van der Waals surface area contributed by atoms with E-state index in [4.69, 9.17) is 20.0 Å². The molecule has 0 fully saturated rings. The molecule has 0 spiro atoms. The molecule has 1 atom stereocenters. The molecule has 2 bridgehead atoms. The number of hydrogen-bond acceptors (Lipinski definition) is 7. The first-order chi connectivity index (χ1) is 26.3. The normalized spacial score (nSPS) is 15.4. The molecule has 9 nitrogen and oxygen atoms in total. The fraction of sp³-hybridized carbons (Fsp3) is 0.222. The Labute approximate surface area is 315 Å². The van der Waals surface area contributed by atoms with Gasteiger partial charge in [0.2, 0.25) is 0 Å².